The maximum absolute atomic E-state index is 11.9. The van der Waals surface area contributed by atoms with Gasteiger partial charge >= 0.3 is 5.97 Å². The molecular weight excluding hydrogens is 407 g/mol. The fourth-order valence-electron chi connectivity index (χ4n) is 3.05. The van der Waals surface area contributed by atoms with E-state index in [4.69, 9.17) is 4.74 Å². The SMILES string of the molecule is CC.CC/C=C(\C)CCCC(C)c1ccc(OC(=O)/C=C/c2ccccc2)cc1.[V]. The minimum absolute atomic E-state index is 0. The van der Waals surface area contributed by atoms with Gasteiger partial charge in [-0.05, 0) is 67.9 Å². The van der Waals surface area contributed by atoms with Gasteiger partial charge in [-0.15, -0.1) is 0 Å². The molecule has 2 rings (SSSR count). The smallest absolute Gasteiger partial charge is 0.336 e. The summed E-state index contributed by atoms with van der Waals surface area (Å²) in [6.07, 6.45) is 10.2. The molecule has 0 saturated carbocycles. The molecule has 3 heteroatoms. The fourth-order valence-corrected chi connectivity index (χ4v) is 3.05. The van der Waals surface area contributed by atoms with Crippen LogP contribution in [0.25, 0.3) is 6.08 Å². The summed E-state index contributed by atoms with van der Waals surface area (Å²) < 4.78 is 5.38. The van der Waals surface area contributed by atoms with Crippen molar-refractivity contribution in [1.82, 2.24) is 0 Å². The zero-order chi connectivity index (χ0) is 21.5. The Morgan fingerprint density at radius 3 is 2.27 bits per heavy atom. The summed E-state index contributed by atoms with van der Waals surface area (Å²) in [7, 11) is 0. The van der Waals surface area contributed by atoms with Crippen LogP contribution in [-0.2, 0) is 23.4 Å². The molecule has 161 valence electrons. The Kier molecular flexibility index (Phi) is 15.6. The molecule has 0 spiro atoms. The molecule has 0 heterocycles. The van der Waals surface area contributed by atoms with Crippen LogP contribution in [0.3, 0.4) is 0 Å². The van der Waals surface area contributed by atoms with Crippen molar-refractivity contribution >= 4 is 12.0 Å². The van der Waals surface area contributed by atoms with Gasteiger partial charge in [-0.1, -0.05) is 81.8 Å². The number of benzene rings is 2. The van der Waals surface area contributed by atoms with Crippen LogP contribution in [0.15, 0.2) is 72.3 Å². The first-order valence-corrected chi connectivity index (χ1v) is 10.8. The first-order chi connectivity index (χ1) is 14.1. The molecule has 0 fully saturated rings. The molecule has 1 atom stereocenters. The number of allylic oxidation sites excluding steroid dienone is 2. The number of esters is 1. The maximum atomic E-state index is 11.9. The van der Waals surface area contributed by atoms with E-state index in [1.807, 2.05) is 56.3 Å². The molecule has 0 aliphatic carbocycles. The van der Waals surface area contributed by atoms with Gasteiger partial charge in [0.05, 0.1) is 0 Å². The summed E-state index contributed by atoms with van der Waals surface area (Å²) >= 11 is 0. The van der Waals surface area contributed by atoms with Crippen molar-refractivity contribution in [3.63, 3.8) is 0 Å². The van der Waals surface area contributed by atoms with Crippen LogP contribution in [0.4, 0.5) is 0 Å². The monoisotopic (exact) mass is 443 g/mol. The van der Waals surface area contributed by atoms with Crippen molar-refractivity contribution in [3.8, 4) is 5.75 Å². The average Bonchev–Trinajstić information content (AvgIpc) is 2.75. The Bertz CT molecular complexity index is 761. The van der Waals surface area contributed by atoms with Crippen molar-refractivity contribution in [3.05, 3.63) is 83.4 Å². The second-order valence-corrected chi connectivity index (χ2v) is 6.99. The number of carbonyl (C=O) groups is 1. The van der Waals surface area contributed by atoms with Crippen molar-refractivity contribution < 1.29 is 28.1 Å². The van der Waals surface area contributed by atoms with Crippen LogP contribution in [0.1, 0.15) is 77.3 Å². The second kappa shape index (κ2) is 16.7. The third kappa shape index (κ3) is 11.2. The molecule has 0 aliphatic heterocycles. The Labute approximate surface area is 195 Å². The average molecular weight is 444 g/mol. The Morgan fingerprint density at radius 2 is 1.67 bits per heavy atom. The van der Waals surface area contributed by atoms with Gasteiger partial charge in [0.25, 0.3) is 0 Å². The van der Waals surface area contributed by atoms with E-state index in [0.29, 0.717) is 11.7 Å². The molecule has 2 aromatic rings. The molecule has 1 unspecified atom stereocenters. The van der Waals surface area contributed by atoms with Gasteiger partial charge in [0.15, 0.2) is 0 Å². The van der Waals surface area contributed by atoms with Gasteiger partial charge in [-0.25, -0.2) is 4.79 Å². The molecule has 1 radical (unpaired) electrons. The van der Waals surface area contributed by atoms with Gasteiger partial charge in [0.1, 0.15) is 5.75 Å². The van der Waals surface area contributed by atoms with Gasteiger partial charge in [0.2, 0.25) is 0 Å². The molecule has 0 bridgehead atoms. The predicted molar refractivity (Wildman–Crippen MR) is 125 cm³/mol. The van der Waals surface area contributed by atoms with Crippen molar-refractivity contribution in [2.45, 2.75) is 66.2 Å². The third-order valence-corrected chi connectivity index (χ3v) is 4.64. The molecular formula is C27H36O2V. The van der Waals surface area contributed by atoms with Crippen LogP contribution in [0, 0.1) is 0 Å². The fraction of sp³-hybridized carbons (Fsp3) is 0.370. The van der Waals surface area contributed by atoms with E-state index in [1.54, 1.807) is 6.08 Å². The zero-order valence-electron chi connectivity index (χ0n) is 19.1. The summed E-state index contributed by atoms with van der Waals surface area (Å²) in [4.78, 5) is 11.9. The van der Waals surface area contributed by atoms with Crippen LogP contribution in [-0.4, -0.2) is 5.97 Å². The quantitative estimate of drug-likeness (QED) is 0.170. The standard InChI is InChI=1S/C25H30O2.C2H6.V/c1-4-9-20(2)10-8-11-21(3)23-15-17-24(18-16-23)27-25(26)19-14-22-12-6-5-7-13-22;1-2;/h5-7,9,12-19,21H,4,8,10-11H2,1-3H3;1-2H3;/b19-14+,20-9+;;. The normalized spacial score (nSPS) is 11.8. The third-order valence-electron chi connectivity index (χ3n) is 4.64. The minimum atomic E-state index is -0.363. The zero-order valence-corrected chi connectivity index (χ0v) is 20.5. The van der Waals surface area contributed by atoms with E-state index in [9.17, 15) is 4.79 Å². The van der Waals surface area contributed by atoms with Gasteiger partial charge < -0.3 is 4.74 Å². The number of hydrogen-bond donors (Lipinski definition) is 0. The molecule has 2 nitrogen and oxygen atoms in total. The van der Waals surface area contributed by atoms with Gasteiger partial charge in [0, 0.05) is 24.6 Å². The summed E-state index contributed by atoms with van der Waals surface area (Å²) in [6, 6.07) is 17.6. The molecule has 0 aromatic heterocycles. The summed E-state index contributed by atoms with van der Waals surface area (Å²) in [5.41, 5.74) is 3.74. The van der Waals surface area contributed by atoms with E-state index in [2.05, 4.69) is 39.0 Å². The molecule has 0 aliphatic rings. The summed E-state index contributed by atoms with van der Waals surface area (Å²) in [5.74, 6) is 0.718. The Hall–Kier alpha value is -2.03. The van der Waals surface area contributed by atoms with Crippen LogP contribution in [0.5, 0.6) is 5.75 Å². The van der Waals surface area contributed by atoms with E-state index in [0.717, 1.165) is 18.4 Å². The van der Waals surface area contributed by atoms with E-state index >= 15 is 0 Å². The van der Waals surface area contributed by atoms with Gasteiger partial charge in [-0.2, -0.15) is 0 Å². The van der Waals surface area contributed by atoms with Crippen LogP contribution >= 0.6 is 0 Å². The van der Waals surface area contributed by atoms with Crippen molar-refractivity contribution in [1.29, 1.82) is 0 Å². The first kappa shape index (κ1) is 28.0. The van der Waals surface area contributed by atoms with Gasteiger partial charge in [-0.3, -0.25) is 0 Å². The van der Waals surface area contributed by atoms with Crippen LogP contribution in [0.2, 0.25) is 0 Å². The number of rotatable bonds is 9. The first-order valence-electron chi connectivity index (χ1n) is 10.8. The Balaban J connectivity index is 0.00000272. The minimum Gasteiger partial charge on any atom is -0.423 e. The van der Waals surface area contributed by atoms with Crippen molar-refractivity contribution in [2.75, 3.05) is 0 Å². The topological polar surface area (TPSA) is 26.3 Å². The Morgan fingerprint density at radius 1 is 1.03 bits per heavy atom. The second-order valence-electron chi connectivity index (χ2n) is 6.99. The maximum Gasteiger partial charge on any atom is 0.336 e. The van der Waals surface area contributed by atoms with E-state index < -0.39 is 0 Å². The summed E-state index contributed by atoms with van der Waals surface area (Å²) in [6.45, 7) is 10.6. The number of carbonyl (C=O) groups excluding carboxylic acids is 1. The molecule has 0 amide bonds. The van der Waals surface area contributed by atoms with Crippen LogP contribution < -0.4 is 4.74 Å². The molecule has 2 aromatic carbocycles. The summed E-state index contributed by atoms with van der Waals surface area (Å²) in [5, 5.41) is 0. The van der Waals surface area contributed by atoms with E-state index in [-0.39, 0.29) is 24.5 Å². The predicted octanol–water partition coefficient (Wildman–Crippen LogP) is 7.96. The molecule has 0 N–H and O–H groups in total. The largest absolute Gasteiger partial charge is 0.423 e. The molecule has 30 heavy (non-hydrogen) atoms. The van der Waals surface area contributed by atoms with E-state index in [1.165, 1.54) is 30.1 Å². The number of hydrogen-bond acceptors (Lipinski definition) is 2. The number of ether oxygens (including phenoxy) is 1. The molecule has 0 saturated heterocycles. The van der Waals surface area contributed by atoms with Crippen molar-refractivity contribution in [2.24, 2.45) is 0 Å².